The van der Waals surface area contributed by atoms with Crippen LogP contribution >= 0.6 is 15.6 Å². The Morgan fingerprint density at radius 3 is 0.782 bits per heavy atom. The molecule has 0 fully saturated rings. The molecule has 3 N–H and O–H groups in total. The van der Waals surface area contributed by atoms with E-state index in [0.29, 0.717) is 25.7 Å². The predicted octanol–water partition coefficient (Wildman–Crippen LogP) is 19.4. The van der Waals surface area contributed by atoms with Crippen LogP contribution < -0.4 is 0 Å². The Labute approximate surface area is 530 Å². The van der Waals surface area contributed by atoms with Gasteiger partial charge in [-0.2, -0.15) is 0 Å². The number of phosphoric acid groups is 2. The van der Waals surface area contributed by atoms with E-state index in [1.165, 1.54) is 173 Å². The fourth-order valence-electron chi connectivity index (χ4n) is 10.3. The second-order valence-electron chi connectivity index (χ2n) is 25.0. The van der Waals surface area contributed by atoms with Crippen LogP contribution in [0.5, 0.6) is 0 Å². The second-order valence-corrected chi connectivity index (χ2v) is 27.9. The topological polar surface area (TPSA) is 237 Å². The van der Waals surface area contributed by atoms with Gasteiger partial charge in [0.1, 0.15) is 19.3 Å². The van der Waals surface area contributed by atoms with Crippen molar-refractivity contribution in [2.45, 2.75) is 368 Å². The predicted molar refractivity (Wildman–Crippen MR) is 349 cm³/mol. The first-order chi connectivity index (χ1) is 42.0. The third-order valence-electron chi connectivity index (χ3n) is 15.8. The van der Waals surface area contributed by atoms with Gasteiger partial charge in [0.2, 0.25) is 0 Å². The Balaban J connectivity index is 5.16. The molecular formula is C68H132O17P2. The monoisotopic (exact) mass is 1280 g/mol. The molecule has 5 atom stereocenters. The molecule has 17 nitrogen and oxygen atoms in total. The highest BCUT2D eigenvalue weighted by molar-refractivity contribution is 7.47. The zero-order valence-electron chi connectivity index (χ0n) is 56.2. The fraction of sp³-hybridized carbons (Fsp3) is 0.941. The Morgan fingerprint density at radius 2 is 0.529 bits per heavy atom. The maximum atomic E-state index is 13.0. The molecule has 516 valence electrons. The summed E-state index contributed by atoms with van der Waals surface area (Å²) in [5.74, 6) is -1.32. The molecule has 0 heterocycles. The van der Waals surface area contributed by atoms with E-state index >= 15 is 0 Å². The largest absolute Gasteiger partial charge is 0.472 e. The van der Waals surface area contributed by atoms with Crippen molar-refractivity contribution in [2.24, 2.45) is 5.92 Å². The van der Waals surface area contributed by atoms with Crippen molar-refractivity contribution in [1.82, 2.24) is 0 Å². The molecule has 0 rings (SSSR count). The number of hydrogen-bond acceptors (Lipinski definition) is 15. The van der Waals surface area contributed by atoms with Crippen LogP contribution in [0, 0.1) is 5.92 Å². The van der Waals surface area contributed by atoms with Gasteiger partial charge in [-0.1, -0.05) is 298 Å². The van der Waals surface area contributed by atoms with Gasteiger partial charge >= 0.3 is 39.5 Å². The second kappa shape index (κ2) is 61.6. The summed E-state index contributed by atoms with van der Waals surface area (Å²) >= 11 is 0. The van der Waals surface area contributed by atoms with Crippen molar-refractivity contribution in [1.29, 1.82) is 0 Å². The molecule has 2 unspecified atom stereocenters. The van der Waals surface area contributed by atoms with Gasteiger partial charge in [-0.15, -0.1) is 0 Å². The lowest BCUT2D eigenvalue weighted by Gasteiger charge is -2.21. The molecule has 0 aromatic heterocycles. The lowest BCUT2D eigenvalue weighted by Crippen LogP contribution is -2.30. The smallest absolute Gasteiger partial charge is 0.462 e. The van der Waals surface area contributed by atoms with E-state index in [2.05, 4.69) is 34.6 Å². The van der Waals surface area contributed by atoms with Crippen LogP contribution in [0.25, 0.3) is 0 Å². The number of esters is 4. The van der Waals surface area contributed by atoms with E-state index in [1.54, 1.807) is 0 Å². The Kier molecular flexibility index (Phi) is 60.2. The normalized spacial score (nSPS) is 14.1. The average molecular weight is 1280 g/mol. The molecule has 0 saturated carbocycles. The van der Waals surface area contributed by atoms with Crippen molar-refractivity contribution >= 4 is 39.5 Å². The summed E-state index contributed by atoms with van der Waals surface area (Å²) in [6.07, 6.45) is 47.2. The number of aliphatic hydroxyl groups excluding tert-OH is 1. The van der Waals surface area contributed by atoms with E-state index < -0.39 is 97.5 Å². The summed E-state index contributed by atoms with van der Waals surface area (Å²) < 4.78 is 68.1. The van der Waals surface area contributed by atoms with Crippen molar-refractivity contribution < 1.29 is 80.2 Å². The first kappa shape index (κ1) is 85.1. The highest BCUT2D eigenvalue weighted by Gasteiger charge is 2.30. The first-order valence-electron chi connectivity index (χ1n) is 35.6. The molecule has 0 spiro atoms. The van der Waals surface area contributed by atoms with E-state index in [-0.39, 0.29) is 25.7 Å². The van der Waals surface area contributed by atoms with Crippen LogP contribution in [0.3, 0.4) is 0 Å². The van der Waals surface area contributed by atoms with Crippen LogP contribution in [0.15, 0.2) is 0 Å². The van der Waals surface area contributed by atoms with Gasteiger partial charge in [-0.25, -0.2) is 9.13 Å². The SMILES string of the molecule is CCCCCCCCCCCCC(=O)OC[C@H](COP(=O)(O)OC[C@@H](O)COP(=O)(O)OC[C@@H](COC(=O)CCCCCCCCCCC)OC(=O)CCCCCCCCCCC)OC(=O)CCCCCCCCCCCCCCCCCCC(C)C. The van der Waals surface area contributed by atoms with Gasteiger partial charge in [0.05, 0.1) is 26.4 Å². The standard InChI is InChI=1S/C68H132O17P2/c1-6-9-12-15-18-21-33-37-42-47-52-66(71)79-58-64(85-68(73)54-49-44-39-34-29-27-25-23-22-24-26-28-32-35-40-45-50-61(4)5)60-83-87(76,77)81-56-62(69)55-80-86(74,75)82-59-63(84-67(72)53-48-43-38-31-20-17-14-11-8-3)57-78-65(70)51-46-41-36-30-19-16-13-10-7-2/h61-64,69H,6-60H2,1-5H3,(H,74,75)(H,76,77)/t62-,63+,64+/m0/s1. The Bertz CT molecular complexity index is 1690. The van der Waals surface area contributed by atoms with Crippen molar-refractivity contribution in [3.05, 3.63) is 0 Å². The summed E-state index contributed by atoms with van der Waals surface area (Å²) in [7, 11) is -9.89. The van der Waals surface area contributed by atoms with Gasteiger partial charge in [0.25, 0.3) is 0 Å². The summed E-state index contributed by atoms with van der Waals surface area (Å²) in [6.45, 7) is 7.22. The van der Waals surface area contributed by atoms with Crippen LogP contribution in [-0.2, 0) is 65.4 Å². The van der Waals surface area contributed by atoms with Crippen LogP contribution in [0.2, 0.25) is 0 Å². The molecule has 19 heteroatoms. The van der Waals surface area contributed by atoms with E-state index in [9.17, 15) is 43.2 Å². The molecule has 0 aliphatic rings. The summed E-state index contributed by atoms with van der Waals surface area (Å²) in [5, 5.41) is 10.5. The van der Waals surface area contributed by atoms with Crippen LogP contribution in [-0.4, -0.2) is 96.7 Å². The Morgan fingerprint density at radius 1 is 0.310 bits per heavy atom. The number of carbonyl (C=O) groups is 4. The highest BCUT2D eigenvalue weighted by atomic mass is 31.2. The molecule has 87 heavy (non-hydrogen) atoms. The maximum Gasteiger partial charge on any atom is 0.472 e. The number of phosphoric ester groups is 2. The summed E-state index contributed by atoms with van der Waals surface area (Å²) in [6, 6.07) is 0. The summed E-state index contributed by atoms with van der Waals surface area (Å²) in [5.41, 5.74) is 0. The average Bonchev–Trinajstić information content (AvgIpc) is 3.61. The van der Waals surface area contributed by atoms with Crippen LogP contribution in [0.4, 0.5) is 0 Å². The molecule has 0 aromatic carbocycles. The zero-order chi connectivity index (χ0) is 64.2. The van der Waals surface area contributed by atoms with Crippen molar-refractivity contribution in [3.63, 3.8) is 0 Å². The molecule has 0 aliphatic heterocycles. The lowest BCUT2D eigenvalue weighted by molar-refractivity contribution is -0.161. The van der Waals surface area contributed by atoms with Gasteiger partial charge < -0.3 is 33.8 Å². The number of aliphatic hydroxyl groups is 1. The van der Waals surface area contributed by atoms with Crippen LogP contribution in [0.1, 0.15) is 349 Å². The Hall–Kier alpha value is -1.94. The van der Waals surface area contributed by atoms with E-state index in [0.717, 1.165) is 95.8 Å². The third kappa shape index (κ3) is 62.6. The highest BCUT2D eigenvalue weighted by Crippen LogP contribution is 2.45. The molecule has 0 aliphatic carbocycles. The molecule has 0 saturated heterocycles. The minimum atomic E-state index is -4.95. The number of unbranched alkanes of at least 4 members (excludes halogenated alkanes) is 40. The number of ether oxygens (including phenoxy) is 4. The molecule has 0 aromatic rings. The molecule has 0 amide bonds. The van der Waals surface area contributed by atoms with E-state index in [4.69, 9.17) is 37.0 Å². The van der Waals surface area contributed by atoms with Gasteiger partial charge in [-0.05, 0) is 31.6 Å². The van der Waals surface area contributed by atoms with Gasteiger partial charge in [0, 0.05) is 25.7 Å². The minimum absolute atomic E-state index is 0.106. The quantitative estimate of drug-likeness (QED) is 0.0222. The molecular weight excluding hydrogens is 1150 g/mol. The van der Waals surface area contributed by atoms with Gasteiger partial charge in [-0.3, -0.25) is 37.3 Å². The minimum Gasteiger partial charge on any atom is -0.462 e. The fourth-order valence-corrected chi connectivity index (χ4v) is 11.9. The zero-order valence-corrected chi connectivity index (χ0v) is 57.9. The maximum absolute atomic E-state index is 13.0. The van der Waals surface area contributed by atoms with Crippen molar-refractivity contribution in [3.8, 4) is 0 Å². The van der Waals surface area contributed by atoms with E-state index in [1.807, 2.05) is 0 Å². The molecule has 0 bridgehead atoms. The molecule has 0 radical (unpaired) electrons. The van der Waals surface area contributed by atoms with Gasteiger partial charge in [0.15, 0.2) is 12.2 Å². The lowest BCUT2D eigenvalue weighted by atomic mass is 10.0. The number of rotatable bonds is 68. The van der Waals surface area contributed by atoms with Crippen molar-refractivity contribution in [2.75, 3.05) is 39.6 Å². The number of hydrogen-bond donors (Lipinski definition) is 3. The summed E-state index contributed by atoms with van der Waals surface area (Å²) in [4.78, 5) is 72.3. The third-order valence-corrected chi connectivity index (χ3v) is 17.7. The first-order valence-corrected chi connectivity index (χ1v) is 38.6. The number of carbonyl (C=O) groups excluding carboxylic acids is 4.